The predicted octanol–water partition coefficient (Wildman–Crippen LogP) is 0.139. The lowest BCUT2D eigenvalue weighted by Gasteiger charge is -1.92. The van der Waals surface area contributed by atoms with Gasteiger partial charge in [-0.3, -0.25) is 4.79 Å². The molecular formula is C8H7N3O2. The fourth-order valence-electron chi connectivity index (χ4n) is 1.12. The average Bonchev–Trinajstić information content (AvgIpc) is 2.49. The van der Waals surface area contributed by atoms with Gasteiger partial charge in [0.05, 0.1) is 0 Å². The molecule has 13 heavy (non-hydrogen) atoms. The summed E-state index contributed by atoms with van der Waals surface area (Å²) in [6, 6.07) is 3.14. The maximum atomic E-state index is 10.7. The summed E-state index contributed by atoms with van der Waals surface area (Å²) in [5.74, 6) is -0.585. The molecule has 5 heteroatoms. The van der Waals surface area contributed by atoms with Gasteiger partial charge in [-0.05, 0) is 12.1 Å². The second-order valence-electron chi connectivity index (χ2n) is 2.61. The van der Waals surface area contributed by atoms with Crippen LogP contribution in [0.2, 0.25) is 0 Å². The van der Waals surface area contributed by atoms with Crippen LogP contribution >= 0.6 is 0 Å². The van der Waals surface area contributed by atoms with E-state index in [0.717, 1.165) is 0 Å². The van der Waals surface area contributed by atoms with Crippen molar-refractivity contribution in [3.8, 4) is 5.75 Å². The van der Waals surface area contributed by atoms with Crippen LogP contribution in [0, 0.1) is 0 Å². The molecule has 2 aromatic heterocycles. The number of imidazole rings is 1. The summed E-state index contributed by atoms with van der Waals surface area (Å²) in [5.41, 5.74) is 5.50. The Hall–Kier alpha value is -2.04. The van der Waals surface area contributed by atoms with Crippen molar-refractivity contribution in [1.29, 1.82) is 0 Å². The molecule has 2 heterocycles. The van der Waals surface area contributed by atoms with Gasteiger partial charge in [0.2, 0.25) is 0 Å². The minimum Gasteiger partial charge on any atom is -0.504 e. The van der Waals surface area contributed by atoms with E-state index in [1.54, 1.807) is 12.3 Å². The van der Waals surface area contributed by atoms with Gasteiger partial charge in [0.25, 0.3) is 5.91 Å². The lowest BCUT2D eigenvalue weighted by molar-refractivity contribution is 0.0996. The Morgan fingerprint density at radius 3 is 3.00 bits per heavy atom. The van der Waals surface area contributed by atoms with Crippen molar-refractivity contribution in [3.63, 3.8) is 0 Å². The molecule has 0 atom stereocenters. The summed E-state index contributed by atoms with van der Waals surface area (Å²) in [6.07, 6.45) is 3.14. The number of nitrogens with two attached hydrogens (primary N) is 1. The molecule has 5 nitrogen and oxygen atoms in total. The van der Waals surface area contributed by atoms with Crippen molar-refractivity contribution in [2.45, 2.75) is 0 Å². The zero-order valence-corrected chi connectivity index (χ0v) is 6.64. The summed E-state index contributed by atoms with van der Waals surface area (Å²) in [4.78, 5) is 14.6. The number of primary amides is 1. The third-order valence-corrected chi connectivity index (χ3v) is 1.71. The number of hydrogen-bond donors (Lipinski definition) is 2. The van der Waals surface area contributed by atoms with E-state index in [4.69, 9.17) is 5.73 Å². The Morgan fingerprint density at radius 2 is 2.38 bits per heavy atom. The van der Waals surface area contributed by atoms with Crippen molar-refractivity contribution in [1.82, 2.24) is 9.38 Å². The lowest BCUT2D eigenvalue weighted by Crippen LogP contribution is -2.10. The number of aromatic nitrogens is 2. The molecular weight excluding hydrogens is 170 g/mol. The third-order valence-electron chi connectivity index (χ3n) is 1.71. The van der Waals surface area contributed by atoms with Crippen molar-refractivity contribution < 1.29 is 9.90 Å². The number of rotatable bonds is 1. The van der Waals surface area contributed by atoms with Gasteiger partial charge in [0, 0.05) is 12.4 Å². The first kappa shape index (κ1) is 7.60. The first-order valence-electron chi connectivity index (χ1n) is 3.65. The number of carbonyl (C=O) groups is 1. The number of fused-ring (bicyclic) bond motifs is 1. The summed E-state index contributed by atoms with van der Waals surface area (Å²) in [5, 5.41) is 9.33. The summed E-state index contributed by atoms with van der Waals surface area (Å²) >= 11 is 0. The minimum absolute atomic E-state index is 0.0231. The van der Waals surface area contributed by atoms with Gasteiger partial charge in [-0.25, -0.2) is 4.98 Å². The zero-order valence-electron chi connectivity index (χ0n) is 6.64. The van der Waals surface area contributed by atoms with Crippen LogP contribution in [0.4, 0.5) is 0 Å². The van der Waals surface area contributed by atoms with Gasteiger partial charge in [-0.1, -0.05) is 0 Å². The highest BCUT2D eigenvalue weighted by molar-refractivity contribution is 5.91. The minimum atomic E-state index is -0.608. The van der Waals surface area contributed by atoms with E-state index in [-0.39, 0.29) is 11.4 Å². The maximum Gasteiger partial charge on any atom is 0.268 e. The van der Waals surface area contributed by atoms with Crippen LogP contribution in [-0.2, 0) is 0 Å². The summed E-state index contributed by atoms with van der Waals surface area (Å²) in [7, 11) is 0. The van der Waals surface area contributed by atoms with Crippen molar-refractivity contribution >= 4 is 11.6 Å². The monoisotopic (exact) mass is 177 g/mol. The van der Waals surface area contributed by atoms with E-state index >= 15 is 0 Å². The van der Waals surface area contributed by atoms with E-state index in [2.05, 4.69) is 4.98 Å². The molecule has 0 radical (unpaired) electrons. The van der Waals surface area contributed by atoms with E-state index in [0.29, 0.717) is 5.65 Å². The van der Waals surface area contributed by atoms with Crippen molar-refractivity contribution in [2.24, 2.45) is 5.73 Å². The number of amides is 1. The average molecular weight is 177 g/mol. The highest BCUT2D eigenvalue weighted by Gasteiger charge is 2.08. The number of carbonyl (C=O) groups excluding carboxylic acids is 1. The van der Waals surface area contributed by atoms with Gasteiger partial charge in [-0.15, -0.1) is 0 Å². The molecule has 0 aliphatic heterocycles. The molecule has 0 spiro atoms. The predicted molar refractivity (Wildman–Crippen MR) is 45.4 cm³/mol. The fraction of sp³-hybridized carbons (Fsp3) is 0. The first-order valence-corrected chi connectivity index (χ1v) is 3.65. The van der Waals surface area contributed by atoms with E-state index in [1.807, 2.05) is 0 Å². The van der Waals surface area contributed by atoms with Gasteiger partial charge in [0.1, 0.15) is 5.69 Å². The van der Waals surface area contributed by atoms with Crippen molar-refractivity contribution in [2.75, 3.05) is 0 Å². The molecule has 0 aliphatic rings. The second-order valence-corrected chi connectivity index (χ2v) is 2.61. The Bertz CT molecular complexity index is 475. The smallest absolute Gasteiger partial charge is 0.268 e. The summed E-state index contributed by atoms with van der Waals surface area (Å²) < 4.78 is 1.54. The molecule has 0 aromatic carbocycles. The third kappa shape index (κ3) is 1.10. The molecule has 0 unspecified atom stereocenters. The molecule has 2 rings (SSSR count). The van der Waals surface area contributed by atoms with Gasteiger partial charge in [-0.2, -0.15) is 0 Å². The zero-order chi connectivity index (χ0) is 9.42. The number of hydrogen-bond acceptors (Lipinski definition) is 3. The van der Waals surface area contributed by atoms with Crippen LogP contribution in [0.3, 0.4) is 0 Å². The quantitative estimate of drug-likeness (QED) is 0.650. The van der Waals surface area contributed by atoms with Crippen LogP contribution in [-0.4, -0.2) is 20.4 Å². The van der Waals surface area contributed by atoms with E-state index in [1.165, 1.54) is 16.7 Å². The molecule has 0 saturated carbocycles. The molecule has 3 N–H and O–H groups in total. The molecule has 0 aliphatic carbocycles. The molecule has 0 bridgehead atoms. The van der Waals surface area contributed by atoms with Crippen LogP contribution in [0.1, 0.15) is 10.5 Å². The summed E-state index contributed by atoms with van der Waals surface area (Å²) in [6.45, 7) is 0. The van der Waals surface area contributed by atoms with E-state index < -0.39 is 5.91 Å². The second kappa shape index (κ2) is 2.48. The van der Waals surface area contributed by atoms with Gasteiger partial charge in [0.15, 0.2) is 11.4 Å². The molecule has 0 fully saturated rings. The van der Waals surface area contributed by atoms with Crippen LogP contribution in [0.5, 0.6) is 5.75 Å². The normalized spacial score (nSPS) is 10.5. The first-order chi connectivity index (χ1) is 6.18. The Balaban J connectivity index is 2.75. The Morgan fingerprint density at radius 1 is 1.62 bits per heavy atom. The number of aromatic hydroxyl groups is 1. The largest absolute Gasteiger partial charge is 0.504 e. The maximum absolute atomic E-state index is 10.7. The number of nitrogens with zero attached hydrogens (tertiary/aromatic N) is 2. The Kier molecular flexibility index (Phi) is 1.45. The van der Waals surface area contributed by atoms with Crippen LogP contribution in [0.25, 0.3) is 5.65 Å². The van der Waals surface area contributed by atoms with Crippen LogP contribution in [0.15, 0.2) is 24.5 Å². The van der Waals surface area contributed by atoms with Crippen LogP contribution < -0.4 is 5.73 Å². The highest BCUT2D eigenvalue weighted by Crippen LogP contribution is 2.16. The van der Waals surface area contributed by atoms with Gasteiger partial charge < -0.3 is 15.2 Å². The fourth-order valence-corrected chi connectivity index (χ4v) is 1.12. The van der Waals surface area contributed by atoms with Crippen molar-refractivity contribution in [3.05, 3.63) is 30.2 Å². The molecule has 0 saturated heterocycles. The molecule has 1 amide bonds. The molecule has 2 aromatic rings. The highest BCUT2D eigenvalue weighted by atomic mass is 16.3. The molecule has 66 valence electrons. The SMILES string of the molecule is NC(=O)c1cn2cccc(O)c2n1. The lowest BCUT2D eigenvalue weighted by atomic mass is 10.4. The standard InChI is InChI=1S/C8H7N3O2/c9-7(13)5-4-11-3-1-2-6(12)8(11)10-5/h1-4,12H,(H2,9,13). The van der Waals surface area contributed by atoms with E-state index in [9.17, 15) is 9.90 Å². The van der Waals surface area contributed by atoms with Gasteiger partial charge >= 0.3 is 0 Å². The Labute approximate surface area is 73.4 Å². The number of pyridine rings is 1. The topological polar surface area (TPSA) is 80.6 Å².